The predicted molar refractivity (Wildman–Crippen MR) is 234 cm³/mol. The van der Waals surface area contributed by atoms with E-state index in [-0.39, 0.29) is 21.4 Å². The molecule has 2 heterocycles. The molecule has 324 valence electrons. The lowest BCUT2D eigenvalue weighted by molar-refractivity contribution is -0.438. The van der Waals surface area contributed by atoms with E-state index in [4.69, 9.17) is 5.53 Å². The Kier molecular flexibility index (Phi) is 14.7. The molecular weight excluding hydrogens is 823 g/mol. The fraction of sp³-hybridized carbons (Fsp3) is 0.395. The van der Waals surface area contributed by atoms with Crippen LogP contribution in [-0.2, 0) is 42.3 Å². The molecule has 1 amide bonds. The highest BCUT2D eigenvalue weighted by atomic mass is 32.2. The molecule has 0 unspecified atom stereocenters. The van der Waals surface area contributed by atoms with Gasteiger partial charge in [-0.25, -0.2) is 0 Å². The van der Waals surface area contributed by atoms with Crippen LogP contribution in [0, 0.1) is 10.1 Å². The fourth-order valence-electron chi connectivity index (χ4n) is 7.94. The highest BCUT2D eigenvalue weighted by molar-refractivity contribution is 7.86. The Morgan fingerprint density at radius 3 is 2.21 bits per heavy atom. The molecule has 0 spiro atoms. The van der Waals surface area contributed by atoms with E-state index in [2.05, 4.69) is 24.8 Å². The third kappa shape index (κ3) is 11.2. The number of hydrogen-bond acceptors (Lipinski definition) is 9. The number of nitro benzene ring substituents is 1. The zero-order valence-corrected chi connectivity index (χ0v) is 36.3. The number of benzene rings is 3. The minimum atomic E-state index is -4.45. The summed E-state index contributed by atoms with van der Waals surface area (Å²) in [5.74, 6) is -0.0682. The Hall–Kier alpha value is -5.65. The van der Waals surface area contributed by atoms with Crippen molar-refractivity contribution >= 4 is 48.9 Å². The normalized spacial score (nSPS) is 16.3. The summed E-state index contributed by atoms with van der Waals surface area (Å²) in [5.41, 5.74) is 13.0. The highest BCUT2D eigenvalue weighted by Gasteiger charge is 2.45. The molecule has 2 aliphatic heterocycles. The van der Waals surface area contributed by atoms with Crippen molar-refractivity contribution in [1.82, 2.24) is 5.32 Å². The quantitative estimate of drug-likeness (QED) is 0.0113. The van der Waals surface area contributed by atoms with Gasteiger partial charge in [-0.05, 0) is 92.6 Å². The molecule has 0 saturated carbocycles. The number of aryl methyl sites for hydroxylation is 1. The number of nitrogens with zero attached hydrogens (tertiary/aromatic N) is 6. The number of carbonyl (C=O) groups excluding carboxylic acids is 1. The first-order valence-electron chi connectivity index (χ1n) is 20.0. The molecule has 0 atom stereocenters. The number of amides is 1. The van der Waals surface area contributed by atoms with Gasteiger partial charge < -0.3 is 10.2 Å². The molecule has 3 aromatic rings. The maximum Gasteiger partial charge on any atom is 0.294 e. The van der Waals surface area contributed by atoms with Crippen molar-refractivity contribution in [2.45, 2.75) is 93.3 Å². The third-order valence-corrected chi connectivity index (χ3v) is 12.9. The summed E-state index contributed by atoms with van der Waals surface area (Å²) in [5, 5.41) is 17.4. The standard InChI is InChI=1S/C43H51N7O9S2/c1-42(2)35-29-33(60(54,55)56)21-23-37(35)48(27-10-6-9-16-41(51)45-25-12-26-46-47-44)39(42)14-7-5-8-15-40-43(3,4)36-30-34(61(57,58)59)22-24-38(36)49(40)28-11-13-31-17-19-32(20-18-31)50(52)53/h5,7-8,14-15,17-24,29-30H,6,9-13,16,25-28H2,1-4H3,(H2-,45,51,54,55,56,57,58,59)/p+1. The molecule has 0 aromatic heterocycles. The van der Waals surface area contributed by atoms with Crippen molar-refractivity contribution in [1.29, 1.82) is 0 Å². The Morgan fingerprint density at radius 1 is 0.885 bits per heavy atom. The second-order valence-corrected chi connectivity index (χ2v) is 18.9. The van der Waals surface area contributed by atoms with Crippen LogP contribution in [0.4, 0.5) is 17.1 Å². The Bertz CT molecular complexity index is 2560. The maximum absolute atomic E-state index is 12.3. The van der Waals surface area contributed by atoms with Crippen LogP contribution in [-0.4, -0.2) is 73.2 Å². The molecule has 3 aromatic carbocycles. The summed E-state index contributed by atoms with van der Waals surface area (Å²) >= 11 is 0. The van der Waals surface area contributed by atoms with Gasteiger partial charge in [0.1, 0.15) is 6.54 Å². The first kappa shape index (κ1) is 46.4. The summed E-state index contributed by atoms with van der Waals surface area (Å²) < 4.78 is 70.3. The molecule has 16 nitrogen and oxygen atoms in total. The number of allylic oxidation sites excluding steroid dienone is 6. The van der Waals surface area contributed by atoms with Crippen LogP contribution in [0.15, 0.2) is 112 Å². The Morgan fingerprint density at radius 2 is 1.56 bits per heavy atom. The fourth-order valence-corrected chi connectivity index (χ4v) is 8.95. The number of fused-ring (bicyclic) bond motifs is 2. The average Bonchev–Trinajstić information content (AvgIpc) is 3.54. The van der Waals surface area contributed by atoms with E-state index in [9.17, 15) is 40.8 Å². The van der Waals surface area contributed by atoms with E-state index in [0.717, 1.165) is 52.3 Å². The number of nitro groups is 1. The Labute approximate surface area is 356 Å². The van der Waals surface area contributed by atoms with E-state index in [1.54, 1.807) is 24.3 Å². The van der Waals surface area contributed by atoms with Gasteiger partial charge in [-0.3, -0.25) is 24.0 Å². The summed E-state index contributed by atoms with van der Waals surface area (Å²) in [6.07, 6.45) is 14.0. The minimum Gasteiger partial charge on any atom is -0.356 e. The first-order chi connectivity index (χ1) is 28.8. The van der Waals surface area contributed by atoms with Gasteiger partial charge in [0.05, 0.1) is 20.1 Å². The van der Waals surface area contributed by atoms with Crippen LogP contribution < -0.4 is 10.2 Å². The zero-order chi connectivity index (χ0) is 44.6. The van der Waals surface area contributed by atoms with E-state index in [1.807, 2.05) is 58.1 Å². The van der Waals surface area contributed by atoms with Crippen LogP contribution in [0.2, 0.25) is 0 Å². The Balaban J connectivity index is 1.37. The van der Waals surface area contributed by atoms with Crippen molar-refractivity contribution in [3.05, 3.63) is 134 Å². The second-order valence-electron chi connectivity index (χ2n) is 16.0. The number of anilines is 1. The molecule has 0 saturated heterocycles. The van der Waals surface area contributed by atoms with Gasteiger partial charge in [-0.15, -0.1) is 0 Å². The van der Waals surface area contributed by atoms with E-state index < -0.39 is 36.0 Å². The van der Waals surface area contributed by atoms with Crippen LogP contribution in [0.1, 0.15) is 82.9 Å². The van der Waals surface area contributed by atoms with Crippen LogP contribution in [0.5, 0.6) is 0 Å². The van der Waals surface area contributed by atoms with E-state index in [1.165, 1.54) is 36.4 Å². The SMILES string of the molecule is CC1(C)C(/C=C/C=C/C=C2/N(CCCCCC(=O)NCCCN=[N+]=[N-])c3ccc(S(=O)(=O)O)cc3C2(C)C)=[N+](CCCc2ccc([N+](=O)[O-])cc2)c2ccc(S(=O)(=O)O)cc21. The van der Waals surface area contributed by atoms with Crippen molar-refractivity contribution < 1.29 is 40.2 Å². The number of hydrogen-bond donors (Lipinski definition) is 3. The second kappa shape index (κ2) is 19.4. The third-order valence-electron chi connectivity index (χ3n) is 11.2. The van der Waals surface area contributed by atoms with E-state index >= 15 is 0 Å². The van der Waals surface area contributed by atoms with Gasteiger partial charge in [-0.1, -0.05) is 55.7 Å². The smallest absolute Gasteiger partial charge is 0.294 e. The largest absolute Gasteiger partial charge is 0.356 e. The van der Waals surface area contributed by atoms with Gasteiger partial charge in [0.15, 0.2) is 5.71 Å². The zero-order valence-electron chi connectivity index (χ0n) is 34.7. The monoisotopic (exact) mass is 874 g/mol. The number of rotatable bonds is 20. The van der Waals surface area contributed by atoms with Crippen LogP contribution in [0.25, 0.3) is 10.4 Å². The van der Waals surface area contributed by atoms with Crippen LogP contribution in [0.3, 0.4) is 0 Å². The summed E-state index contributed by atoms with van der Waals surface area (Å²) in [7, 11) is -8.90. The molecule has 0 aliphatic carbocycles. The van der Waals surface area contributed by atoms with Gasteiger partial charge in [-0.2, -0.15) is 21.4 Å². The van der Waals surface area contributed by atoms with Gasteiger partial charge in [0.2, 0.25) is 11.6 Å². The highest BCUT2D eigenvalue weighted by Crippen LogP contribution is 2.48. The van der Waals surface area contributed by atoms with Crippen LogP contribution >= 0.6 is 0 Å². The summed E-state index contributed by atoms with van der Waals surface area (Å²) in [6.45, 7) is 9.86. The van der Waals surface area contributed by atoms with Gasteiger partial charge in [0, 0.05) is 84.0 Å². The van der Waals surface area contributed by atoms with Crippen molar-refractivity contribution in [3.8, 4) is 0 Å². The summed E-state index contributed by atoms with van der Waals surface area (Å²) in [4.78, 5) is 27.4. The molecule has 0 bridgehead atoms. The van der Waals surface area contributed by atoms with Crippen molar-refractivity contribution in [2.75, 3.05) is 31.1 Å². The molecule has 18 heteroatoms. The van der Waals surface area contributed by atoms with E-state index in [0.29, 0.717) is 58.3 Å². The number of nitrogens with one attached hydrogen (secondary N) is 1. The van der Waals surface area contributed by atoms with Crippen molar-refractivity contribution in [2.24, 2.45) is 5.11 Å². The lowest BCUT2D eigenvalue weighted by Crippen LogP contribution is -2.28. The topological polar surface area (TPSA) is 236 Å². The molecule has 0 radical (unpaired) electrons. The minimum absolute atomic E-state index is 0.0183. The van der Waals surface area contributed by atoms with Crippen molar-refractivity contribution in [3.63, 3.8) is 0 Å². The number of unbranched alkanes of at least 4 members (excludes halogenated alkanes) is 2. The predicted octanol–water partition coefficient (Wildman–Crippen LogP) is 8.27. The average molecular weight is 875 g/mol. The summed E-state index contributed by atoms with van der Waals surface area (Å²) in [6, 6.07) is 15.6. The molecule has 2 aliphatic rings. The molecule has 3 N–H and O–H groups in total. The van der Waals surface area contributed by atoms with Gasteiger partial charge in [0.25, 0.3) is 25.9 Å². The lowest BCUT2D eigenvalue weighted by atomic mass is 9.81. The maximum atomic E-state index is 12.3. The molecule has 5 rings (SSSR count). The first-order valence-corrected chi connectivity index (χ1v) is 22.9. The molecule has 0 fully saturated rings. The number of azide groups is 1. The molecule has 61 heavy (non-hydrogen) atoms. The number of carbonyl (C=O) groups is 1. The molecular formula is C43H52N7O9S2+. The lowest BCUT2D eigenvalue weighted by Gasteiger charge is -2.27. The number of non-ortho nitro benzene ring substituents is 1. The van der Waals surface area contributed by atoms with Gasteiger partial charge >= 0.3 is 0 Å².